The van der Waals surface area contributed by atoms with Gasteiger partial charge in [0, 0.05) is 13.1 Å². The first-order valence-electron chi connectivity index (χ1n) is 10.5. The Bertz CT molecular complexity index is 1150. The lowest BCUT2D eigenvalue weighted by Gasteiger charge is -2.26. The fourth-order valence-corrected chi connectivity index (χ4v) is 5.28. The molecule has 1 amide bonds. The highest BCUT2D eigenvalue weighted by atomic mass is 35.5. The highest BCUT2D eigenvalue weighted by molar-refractivity contribution is 7.89. The van der Waals surface area contributed by atoms with Crippen LogP contribution >= 0.6 is 11.6 Å². The van der Waals surface area contributed by atoms with E-state index < -0.39 is 34.6 Å². The predicted octanol–water partition coefficient (Wildman–Crippen LogP) is 2.84. The summed E-state index contributed by atoms with van der Waals surface area (Å²) in [5.41, 5.74) is 0.113. The maximum Gasteiger partial charge on any atom is 0.351 e. The van der Waals surface area contributed by atoms with Gasteiger partial charge in [0.1, 0.15) is 6.61 Å². The second kappa shape index (κ2) is 9.98. The molecule has 0 bridgehead atoms. The van der Waals surface area contributed by atoms with Crippen LogP contribution in [0.25, 0.3) is 0 Å². The topological polar surface area (TPSA) is 111 Å². The number of amides is 1. The SMILES string of the molecule is O=C(COC(=O)[C@@H]1COc2ccccc2O1)Nc1cc(S(=O)(=O)N2CCCCC2)ccc1Cl. The minimum Gasteiger partial charge on any atom is -0.485 e. The number of halogens is 1. The van der Waals surface area contributed by atoms with E-state index in [-0.39, 0.29) is 22.2 Å². The molecule has 1 N–H and O–H groups in total. The molecule has 176 valence electrons. The van der Waals surface area contributed by atoms with Crippen LogP contribution in [0.2, 0.25) is 5.02 Å². The number of carbonyl (C=O) groups is 2. The number of nitrogens with one attached hydrogen (secondary N) is 1. The molecule has 1 atom stereocenters. The number of carbonyl (C=O) groups excluding carboxylic acids is 2. The summed E-state index contributed by atoms with van der Waals surface area (Å²) in [6, 6.07) is 11.0. The Morgan fingerprint density at radius 1 is 1.09 bits per heavy atom. The molecule has 2 aliphatic heterocycles. The Morgan fingerprint density at radius 2 is 1.82 bits per heavy atom. The Kier molecular flexibility index (Phi) is 7.06. The van der Waals surface area contributed by atoms with E-state index in [9.17, 15) is 18.0 Å². The van der Waals surface area contributed by atoms with E-state index in [1.165, 1.54) is 22.5 Å². The first-order chi connectivity index (χ1) is 15.8. The summed E-state index contributed by atoms with van der Waals surface area (Å²) in [5, 5.41) is 2.66. The van der Waals surface area contributed by atoms with Crippen molar-refractivity contribution in [2.24, 2.45) is 0 Å². The van der Waals surface area contributed by atoms with E-state index in [0.717, 1.165) is 19.3 Å². The Morgan fingerprint density at radius 3 is 2.58 bits per heavy atom. The number of anilines is 1. The van der Waals surface area contributed by atoms with E-state index in [2.05, 4.69) is 5.32 Å². The van der Waals surface area contributed by atoms with Crippen LogP contribution in [0.1, 0.15) is 19.3 Å². The second-order valence-electron chi connectivity index (χ2n) is 7.63. The van der Waals surface area contributed by atoms with Crippen molar-refractivity contribution in [1.29, 1.82) is 0 Å². The van der Waals surface area contributed by atoms with Crippen molar-refractivity contribution in [2.45, 2.75) is 30.3 Å². The maximum absolute atomic E-state index is 12.9. The molecule has 4 rings (SSSR count). The van der Waals surface area contributed by atoms with Crippen LogP contribution in [-0.4, -0.2) is 57.0 Å². The normalized spacial score (nSPS) is 18.4. The van der Waals surface area contributed by atoms with Crippen LogP contribution in [0.3, 0.4) is 0 Å². The molecule has 2 heterocycles. The number of ether oxygens (including phenoxy) is 3. The van der Waals surface area contributed by atoms with Gasteiger partial charge in [0.05, 0.1) is 15.6 Å². The number of para-hydroxylation sites is 2. The van der Waals surface area contributed by atoms with Gasteiger partial charge in [-0.3, -0.25) is 4.79 Å². The molecule has 33 heavy (non-hydrogen) atoms. The summed E-state index contributed by atoms with van der Waals surface area (Å²) in [4.78, 5) is 24.6. The number of nitrogens with zero attached hydrogens (tertiary/aromatic N) is 1. The van der Waals surface area contributed by atoms with E-state index in [0.29, 0.717) is 24.6 Å². The minimum atomic E-state index is -3.69. The van der Waals surface area contributed by atoms with Gasteiger partial charge in [0.2, 0.25) is 16.1 Å². The third-order valence-electron chi connectivity index (χ3n) is 5.28. The molecule has 2 aromatic rings. The van der Waals surface area contributed by atoms with Gasteiger partial charge in [-0.15, -0.1) is 0 Å². The summed E-state index contributed by atoms with van der Waals surface area (Å²) in [6.45, 7) is 0.277. The van der Waals surface area contributed by atoms with Gasteiger partial charge in [0.25, 0.3) is 5.91 Å². The summed E-state index contributed by atoms with van der Waals surface area (Å²) in [7, 11) is -3.69. The summed E-state index contributed by atoms with van der Waals surface area (Å²) < 4.78 is 43.3. The zero-order valence-electron chi connectivity index (χ0n) is 17.7. The van der Waals surface area contributed by atoms with Gasteiger partial charge in [-0.1, -0.05) is 30.2 Å². The van der Waals surface area contributed by atoms with Gasteiger partial charge >= 0.3 is 5.97 Å². The molecule has 1 fully saturated rings. The Hall–Kier alpha value is -2.82. The number of rotatable bonds is 6. The molecule has 0 unspecified atom stereocenters. The van der Waals surface area contributed by atoms with Crippen molar-refractivity contribution >= 4 is 39.2 Å². The summed E-state index contributed by atoms with van der Waals surface area (Å²) in [5.74, 6) is -0.496. The first-order valence-corrected chi connectivity index (χ1v) is 12.3. The van der Waals surface area contributed by atoms with E-state index in [1.54, 1.807) is 24.3 Å². The number of sulfonamides is 1. The van der Waals surface area contributed by atoms with Gasteiger partial charge in [-0.25, -0.2) is 13.2 Å². The van der Waals surface area contributed by atoms with Gasteiger partial charge in [-0.05, 0) is 43.2 Å². The van der Waals surface area contributed by atoms with Crippen molar-refractivity contribution in [1.82, 2.24) is 4.31 Å². The van der Waals surface area contributed by atoms with Gasteiger partial charge < -0.3 is 19.5 Å². The minimum absolute atomic E-state index is 0.0347. The molecule has 0 spiro atoms. The van der Waals surface area contributed by atoms with Crippen LogP contribution in [-0.2, 0) is 24.3 Å². The average molecular weight is 495 g/mol. The highest BCUT2D eigenvalue weighted by Gasteiger charge is 2.30. The lowest BCUT2D eigenvalue weighted by molar-refractivity contribution is -0.156. The molecular formula is C22H23ClN2O7S. The molecule has 9 nitrogen and oxygen atoms in total. The van der Waals surface area contributed by atoms with Crippen LogP contribution in [0.5, 0.6) is 11.5 Å². The van der Waals surface area contributed by atoms with Crippen molar-refractivity contribution in [3.05, 3.63) is 47.5 Å². The second-order valence-corrected chi connectivity index (χ2v) is 9.97. The van der Waals surface area contributed by atoms with Crippen LogP contribution < -0.4 is 14.8 Å². The average Bonchev–Trinajstić information content (AvgIpc) is 2.84. The number of piperidine rings is 1. The van der Waals surface area contributed by atoms with Gasteiger partial charge in [-0.2, -0.15) is 4.31 Å². The molecule has 1 saturated heterocycles. The largest absolute Gasteiger partial charge is 0.485 e. The molecule has 2 aliphatic rings. The van der Waals surface area contributed by atoms with Crippen molar-refractivity contribution in [2.75, 3.05) is 31.6 Å². The number of hydrogen-bond acceptors (Lipinski definition) is 7. The monoisotopic (exact) mass is 494 g/mol. The summed E-state index contributed by atoms with van der Waals surface area (Å²) >= 11 is 6.14. The van der Waals surface area contributed by atoms with Crippen LogP contribution in [0, 0.1) is 0 Å². The molecule has 0 radical (unpaired) electrons. The fraction of sp³-hybridized carbons (Fsp3) is 0.364. The molecule has 11 heteroatoms. The van der Waals surface area contributed by atoms with Crippen molar-refractivity contribution in [3.8, 4) is 11.5 Å². The summed E-state index contributed by atoms with van der Waals surface area (Å²) in [6.07, 6.45) is 1.61. The van der Waals surface area contributed by atoms with E-state index in [1.807, 2.05) is 0 Å². The quantitative estimate of drug-likeness (QED) is 0.614. The van der Waals surface area contributed by atoms with Crippen LogP contribution in [0.15, 0.2) is 47.4 Å². The third-order valence-corrected chi connectivity index (χ3v) is 7.51. The van der Waals surface area contributed by atoms with E-state index >= 15 is 0 Å². The molecular weight excluding hydrogens is 472 g/mol. The number of fused-ring (bicyclic) bond motifs is 1. The maximum atomic E-state index is 12.9. The Labute approximate surface area is 196 Å². The first kappa shape index (κ1) is 23.3. The standard InChI is InChI=1S/C22H23ClN2O7S/c23-16-9-8-15(33(28,29)25-10-4-1-5-11-25)12-17(16)24-21(26)14-31-22(27)20-13-30-18-6-2-3-7-19(18)32-20/h2-3,6-9,12,20H,1,4-5,10-11,13-14H2,(H,24,26)/t20-/m0/s1. The smallest absolute Gasteiger partial charge is 0.351 e. The predicted molar refractivity (Wildman–Crippen MR) is 120 cm³/mol. The van der Waals surface area contributed by atoms with Crippen molar-refractivity contribution in [3.63, 3.8) is 0 Å². The van der Waals surface area contributed by atoms with Crippen molar-refractivity contribution < 1.29 is 32.2 Å². The van der Waals surface area contributed by atoms with Crippen LogP contribution in [0.4, 0.5) is 5.69 Å². The number of esters is 1. The molecule has 0 aromatic heterocycles. The third kappa shape index (κ3) is 5.40. The van der Waals surface area contributed by atoms with E-state index in [4.69, 9.17) is 25.8 Å². The lowest BCUT2D eigenvalue weighted by Crippen LogP contribution is -2.39. The highest BCUT2D eigenvalue weighted by Crippen LogP contribution is 2.31. The number of benzene rings is 2. The lowest BCUT2D eigenvalue weighted by atomic mass is 10.2. The molecule has 0 aliphatic carbocycles. The Balaban J connectivity index is 1.35. The zero-order chi connectivity index (χ0) is 23.4. The zero-order valence-corrected chi connectivity index (χ0v) is 19.2. The molecule has 2 aromatic carbocycles. The van der Waals surface area contributed by atoms with Gasteiger partial charge in [0.15, 0.2) is 18.1 Å². The molecule has 0 saturated carbocycles. The fourth-order valence-electron chi connectivity index (χ4n) is 3.57. The number of hydrogen-bond donors (Lipinski definition) is 1.